The highest BCUT2D eigenvalue weighted by molar-refractivity contribution is 7.15. The molecule has 2 unspecified atom stereocenters. The summed E-state index contributed by atoms with van der Waals surface area (Å²) in [6, 6.07) is 0.292. The first-order valence-electron chi connectivity index (χ1n) is 5.00. The second kappa shape index (κ2) is 4.42. The Morgan fingerprint density at radius 1 is 1.60 bits per heavy atom. The Kier molecular flexibility index (Phi) is 3.18. The molecule has 1 fully saturated rings. The van der Waals surface area contributed by atoms with E-state index in [2.05, 4.69) is 22.0 Å². The van der Waals surface area contributed by atoms with Gasteiger partial charge in [0.2, 0.25) is 5.13 Å². The maximum absolute atomic E-state index is 9.06. The number of nitrogens with zero attached hydrogens (tertiary/aromatic N) is 3. The molecule has 0 bridgehead atoms. The van der Waals surface area contributed by atoms with Gasteiger partial charge in [0.1, 0.15) is 5.01 Å². The normalized spacial score (nSPS) is 27.0. The average molecular weight is 229 g/mol. The van der Waals surface area contributed by atoms with Crippen LogP contribution in [0.4, 0.5) is 5.13 Å². The van der Waals surface area contributed by atoms with Gasteiger partial charge in [0.25, 0.3) is 0 Å². The number of rotatable bonds is 2. The van der Waals surface area contributed by atoms with Gasteiger partial charge in [-0.3, -0.25) is 0 Å². The molecule has 15 heavy (non-hydrogen) atoms. The van der Waals surface area contributed by atoms with Crippen LogP contribution in [0.5, 0.6) is 0 Å². The molecule has 0 aromatic carbocycles. The van der Waals surface area contributed by atoms with Crippen LogP contribution in [-0.2, 0) is 4.74 Å². The van der Waals surface area contributed by atoms with Crippen LogP contribution in [0.1, 0.15) is 11.9 Å². The van der Waals surface area contributed by atoms with Gasteiger partial charge in [-0.2, -0.15) is 0 Å². The minimum absolute atomic E-state index is 0.0566. The number of ether oxygens (including phenoxy) is 1. The molecule has 2 atom stereocenters. The molecule has 1 aliphatic rings. The van der Waals surface area contributed by atoms with Crippen LogP contribution in [0.3, 0.4) is 0 Å². The molecule has 1 saturated heterocycles. The van der Waals surface area contributed by atoms with E-state index in [-0.39, 0.29) is 12.7 Å². The second-order valence-corrected chi connectivity index (χ2v) is 4.90. The van der Waals surface area contributed by atoms with Crippen LogP contribution in [0, 0.1) is 6.92 Å². The van der Waals surface area contributed by atoms with Crippen molar-refractivity contribution in [3.63, 3.8) is 0 Å². The van der Waals surface area contributed by atoms with E-state index in [1.165, 1.54) is 0 Å². The smallest absolute Gasteiger partial charge is 0.208 e. The lowest BCUT2D eigenvalue weighted by molar-refractivity contribution is -0.0103. The highest BCUT2D eigenvalue weighted by atomic mass is 32.1. The molecule has 84 valence electrons. The number of aliphatic hydroxyl groups excluding tert-OH is 1. The number of hydrogen-bond donors (Lipinski definition) is 1. The summed E-state index contributed by atoms with van der Waals surface area (Å²) in [5, 5.41) is 19.1. The lowest BCUT2D eigenvalue weighted by atomic mass is 10.2. The van der Waals surface area contributed by atoms with Crippen LogP contribution < -0.4 is 4.90 Å². The molecule has 6 heteroatoms. The third kappa shape index (κ3) is 2.27. The molecule has 0 amide bonds. The van der Waals surface area contributed by atoms with E-state index in [1.54, 1.807) is 11.3 Å². The van der Waals surface area contributed by atoms with E-state index < -0.39 is 0 Å². The van der Waals surface area contributed by atoms with E-state index >= 15 is 0 Å². The van der Waals surface area contributed by atoms with Gasteiger partial charge >= 0.3 is 0 Å². The van der Waals surface area contributed by atoms with Crippen molar-refractivity contribution in [3.05, 3.63) is 5.01 Å². The van der Waals surface area contributed by atoms with Crippen molar-refractivity contribution in [1.29, 1.82) is 0 Å². The molecule has 0 radical (unpaired) electrons. The topological polar surface area (TPSA) is 58.5 Å². The first kappa shape index (κ1) is 10.8. The molecule has 1 N–H and O–H groups in total. The molecule has 0 saturated carbocycles. The first-order valence-corrected chi connectivity index (χ1v) is 5.81. The van der Waals surface area contributed by atoms with Crippen LogP contribution in [0.2, 0.25) is 0 Å². The quantitative estimate of drug-likeness (QED) is 0.797. The standard InChI is InChI=1S/C9H15N3O2S/c1-6-5-14-8(4-13)3-12(6)9-11-10-7(2)15-9/h6,8,13H,3-5H2,1-2H3. The third-order valence-corrected chi connectivity index (χ3v) is 3.35. The summed E-state index contributed by atoms with van der Waals surface area (Å²) in [6.45, 7) is 5.40. The van der Waals surface area contributed by atoms with Gasteiger partial charge in [0.15, 0.2) is 0 Å². The summed E-state index contributed by atoms with van der Waals surface area (Å²) >= 11 is 1.58. The summed E-state index contributed by atoms with van der Waals surface area (Å²) in [5.74, 6) is 0. The zero-order valence-corrected chi connectivity index (χ0v) is 9.70. The molecule has 1 aromatic heterocycles. The number of morpholine rings is 1. The summed E-state index contributed by atoms with van der Waals surface area (Å²) in [6.07, 6.45) is -0.106. The van der Waals surface area contributed by atoms with Crippen LogP contribution in [0.15, 0.2) is 0 Å². The van der Waals surface area contributed by atoms with Crippen molar-refractivity contribution in [1.82, 2.24) is 10.2 Å². The van der Waals surface area contributed by atoms with Crippen molar-refractivity contribution < 1.29 is 9.84 Å². The lowest BCUT2D eigenvalue weighted by Crippen LogP contribution is -2.49. The number of anilines is 1. The Balaban J connectivity index is 2.12. The zero-order chi connectivity index (χ0) is 10.8. The molecule has 0 spiro atoms. The number of aliphatic hydroxyl groups is 1. The Morgan fingerprint density at radius 3 is 3.00 bits per heavy atom. The van der Waals surface area contributed by atoms with Gasteiger partial charge < -0.3 is 14.7 Å². The maximum atomic E-state index is 9.06. The lowest BCUT2D eigenvalue weighted by Gasteiger charge is -2.36. The van der Waals surface area contributed by atoms with Gasteiger partial charge in [0.05, 0.1) is 25.4 Å². The minimum atomic E-state index is -0.106. The first-order chi connectivity index (χ1) is 7.20. The van der Waals surface area contributed by atoms with Crippen molar-refractivity contribution in [3.8, 4) is 0 Å². The summed E-state index contributed by atoms with van der Waals surface area (Å²) in [7, 11) is 0. The van der Waals surface area contributed by atoms with Gasteiger partial charge in [-0.05, 0) is 13.8 Å². The number of aryl methyl sites for hydroxylation is 1. The summed E-state index contributed by atoms with van der Waals surface area (Å²) in [4.78, 5) is 2.15. The fraction of sp³-hybridized carbons (Fsp3) is 0.778. The van der Waals surface area contributed by atoms with Gasteiger partial charge in [-0.15, -0.1) is 10.2 Å². The second-order valence-electron chi connectivity index (χ2n) is 3.74. The fourth-order valence-electron chi connectivity index (χ4n) is 1.60. The molecule has 2 heterocycles. The van der Waals surface area contributed by atoms with Crippen LogP contribution in [0.25, 0.3) is 0 Å². The van der Waals surface area contributed by atoms with E-state index in [4.69, 9.17) is 9.84 Å². The summed E-state index contributed by atoms with van der Waals surface area (Å²) in [5.41, 5.74) is 0. The Hall–Kier alpha value is -0.720. The molecule has 1 aromatic rings. The van der Waals surface area contributed by atoms with E-state index in [1.807, 2.05) is 6.92 Å². The van der Waals surface area contributed by atoms with Crippen molar-refractivity contribution in [2.75, 3.05) is 24.7 Å². The Morgan fingerprint density at radius 2 is 2.40 bits per heavy atom. The highest BCUT2D eigenvalue weighted by Gasteiger charge is 2.27. The predicted octanol–water partition coefficient (Wildman–Crippen LogP) is 0.433. The van der Waals surface area contributed by atoms with E-state index in [9.17, 15) is 0 Å². The number of hydrogen-bond acceptors (Lipinski definition) is 6. The monoisotopic (exact) mass is 229 g/mol. The van der Waals surface area contributed by atoms with Crippen molar-refractivity contribution in [2.45, 2.75) is 26.0 Å². The summed E-state index contributed by atoms with van der Waals surface area (Å²) < 4.78 is 5.46. The molecule has 0 aliphatic carbocycles. The molecule has 1 aliphatic heterocycles. The Labute approximate surface area is 92.7 Å². The average Bonchev–Trinajstić information content (AvgIpc) is 2.65. The van der Waals surface area contributed by atoms with Crippen LogP contribution >= 0.6 is 11.3 Å². The molecule has 2 rings (SSSR count). The molecular weight excluding hydrogens is 214 g/mol. The number of aromatic nitrogens is 2. The SMILES string of the molecule is Cc1nnc(N2CC(CO)OCC2C)s1. The van der Waals surface area contributed by atoms with E-state index in [0.717, 1.165) is 10.1 Å². The predicted molar refractivity (Wildman–Crippen MR) is 58.3 cm³/mol. The zero-order valence-electron chi connectivity index (χ0n) is 8.88. The molecular formula is C9H15N3O2S. The minimum Gasteiger partial charge on any atom is -0.394 e. The molecule has 5 nitrogen and oxygen atoms in total. The maximum Gasteiger partial charge on any atom is 0.208 e. The fourth-order valence-corrected chi connectivity index (χ4v) is 2.40. The van der Waals surface area contributed by atoms with Gasteiger partial charge in [-0.1, -0.05) is 11.3 Å². The largest absolute Gasteiger partial charge is 0.394 e. The highest BCUT2D eigenvalue weighted by Crippen LogP contribution is 2.24. The Bertz CT molecular complexity index is 331. The van der Waals surface area contributed by atoms with Crippen molar-refractivity contribution >= 4 is 16.5 Å². The van der Waals surface area contributed by atoms with Gasteiger partial charge in [-0.25, -0.2) is 0 Å². The van der Waals surface area contributed by atoms with Crippen molar-refractivity contribution in [2.24, 2.45) is 0 Å². The van der Waals surface area contributed by atoms with E-state index in [0.29, 0.717) is 19.2 Å². The van der Waals surface area contributed by atoms with Gasteiger partial charge in [0, 0.05) is 6.54 Å². The van der Waals surface area contributed by atoms with Crippen LogP contribution in [-0.4, -0.2) is 47.2 Å². The third-order valence-electron chi connectivity index (χ3n) is 2.47.